The number of nitrogens with zero attached hydrogens (tertiary/aromatic N) is 1. The normalized spacial score (nSPS) is 35.7. The van der Waals surface area contributed by atoms with E-state index in [9.17, 15) is 9.90 Å². The van der Waals surface area contributed by atoms with E-state index in [0.717, 1.165) is 38.8 Å². The Morgan fingerprint density at radius 1 is 1.24 bits per heavy atom. The van der Waals surface area contributed by atoms with E-state index in [1.165, 1.54) is 25.7 Å². The second kappa shape index (κ2) is 5.38. The van der Waals surface area contributed by atoms with Crippen molar-refractivity contribution in [2.75, 3.05) is 13.1 Å². The Hall–Kier alpha value is -0.570. The molecular weight excluding hydrogens is 214 g/mol. The Labute approximate surface area is 104 Å². The smallest absolute Gasteiger partial charge is 0.324 e. The van der Waals surface area contributed by atoms with Gasteiger partial charge in [-0.05, 0) is 44.7 Å². The lowest BCUT2D eigenvalue weighted by Crippen LogP contribution is -2.57. The monoisotopic (exact) mass is 239 g/mol. The van der Waals surface area contributed by atoms with E-state index in [2.05, 4.69) is 11.8 Å². The number of hydrogen-bond donors (Lipinski definition) is 1. The van der Waals surface area contributed by atoms with Crippen LogP contribution in [0.1, 0.15) is 58.3 Å². The number of carboxylic acid groups (broad SMARTS) is 1. The summed E-state index contributed by atoms with van der Waals surface area (Å²) < 4.78 is 0. The van der Waals surface area contributed by atoms with Crippen molar-refractivity contribution >= 4 is 5.97 Å². The molecule has 1 heterocycles. The fourth-order valence-corrected chi connectivity index (χ4v) is 3.91. The number of rotatable bonds is 3. The molecule has 17 heavy (non-hydrogen) atoms. The highest BCUT2D eigenvalue weighted by Gasteiger charge is 2.52. The molecule has 1 aliphatic heterocycles. The van der Waals surface area contributed by atoms with Crippen LogP contribution < -0.4 is 0 Å². The number of aliphatic carboxylic acids is 1. The standard InChI is InChI=1S/C14H25NO2/c1-2-12-8-7-9-14(12,13(16)17)15-10-5-3-4-6-11-15/h12H,2-11H2,1H3,(H,16,17). The lowest BCUT2D eigenvalue weighted by molar-refractivity contribution is -0.155. The van der Waals surface area contributed by atoms with Crippen molar-refractivity contribution in [2.45, 2.75) is 63.8 Å². The fourth-order valence-electron chi connectivity index (χ4n) is 3.91. The third kappa shape index (κ3) is 2.22. The van der Waals surface area contributed by atoms with E-state index in [0.29, 0.717) is 5.92 Å². The first-order valence-corrected chi connectivity index (χ1v) is 7.20. The van der Waals surface area contributed by atoms with Gasteiger partial charge in [-0.2, -0.15) is 0 Å². The molecule has 1 aliphatic carbocycles. The predicted octanol–water partition coefficient (Wildman–Crippen LogP) is 2.90. The maximum Gasteiger partial charge on any atom is 0.324 e. The first-order chi connectivity index (χ1) is 8.21. The van der Waals surface area contributed by atoms with Crippen molar-refractivity contribution in [3.05, 3.63) is 0 Å². The second-order valence-electron chi connectivity index (χ2n) is 5.63. The summed E-state index contributed by atoms with van der Waals surface area (Å²) in [7, 11) is 0. The van der Waals surface area contributed by atoms with Crippen LogP contribution in [0.25, 0.3) is 0 Å². The molecule has 1 saturated heterocycles. The molecule has 3 heteroatoms. The average molecular weight is 239 g/mol. The van der Waals surface area contributed by atoms with Gasteiger partial charge in [0.05, 0.1) is 0 Å². The van der Waals surface area contributed by atoms with Crippen LogP contribution in [0.5, 0.6) is 0 Å². The summed E-state index contributed by atoms with van der Waals surface area (Å²) in [5, 5.41) is 9.77. The van der Waals surface area contributed by atoms with Crippen LogP contribution in [0, 0.1) is 5.92 Å². The number of carboxylic acids is 1. The predicted molar refractivity (Wildman–Crippen MR) is 68.0 cm³/mol. The van der Waals surface area contributed by atoms with Gasteiger partial charge in [-0.3, -0.25) is 9.69 Å². The van der Waals surface area contributed by atoms with Gasteiger partial charge in [0.1, 0.15) is 5.54 Å². The summed E-state index contributed by atoms with van der Waals surface area (Å²) in [4.78, 5) is 14.2. The molecule has 2 atom stereocenters. The maximum atomic E-state index is 11.9. The van der Waals surface area contributed by atoms with Gasteiger partial charge < -0.3 is 5.11 Å². The Morgan fingerprint density at radius 3 is 2.41 bits per heavy atom. The van der Waals surface area contributed by atoms with E-state index in [-0.39, 0.29) is 0 Å². The lowest BCUT2D eigenvalue weighted by Gasteiger charge is -2.41. The molecule has 0 aromatic heterocycles. The SMILES string of the molecule is CCC1CCCC1(C(=O)O)N1CCCCCC1. The zero-order chi connectivity index (χ0) is 12.3. The highest BCUT2D eigenvalue weighted by Crippen LogP contribution is 2.43. The highest BCUT2D eigenvalue weighted by molar-refractivity contribution is 5.79. The minimum Gasteiger partial charge on any atom is -0.480 e. The molecule has 0 aromatic rings. The molecule has 0 aromatic carbocycles. The summed E-state index contributed by atoms with van der Waals surface area (Å²) in [6.07, 6.45) is 8.92. The quantitative estimate of drug-likeness (QED) is 0.823. The molecule has 2 rings (SSSR count). The van der Waals surface area contributed by atoms with Crippen LogP contribution in [-0.2, 0) is 4.79 Å². The Morgan fingerprint density at radius 2 is 1.88 bits per heavy atom. The molecule has 3 nitrogen and oxygen atoms in total. The Bertz CT molecular complexity index is 271. The molecule has 2 aliphatic rings. The average Bonchev–Trinajstić information content (AvgIpc) is 2.57. The molecule has 1 N–H and O–H groups in total. The van der Waals surface area contributed by atoms with Crippen molar-refractivity contribution in [3.8, 4) is 0 Å². The van der Waals surface area contributed by atoms with Gasteiger partial charge in [-0.25, -0.2) is 0 Å². The van der Waals surface area contributed by atoms with E-state index in [1.807, 2.05) is 0 Å². The van der Waals surface area contributed by atoms with Gasteiger partial charge in [0.25, 0.3) is 0 Å². The van der Waals surface area contributed by atoms with Crippen LogP contribution in [0.3, 0.4) is 0 Å². The van der Waals surface area contributed by atoms with E-state index >= 15 is 0 Å². The van der Waals surface area contributed by atoms with Gasteiger partial charge in [-0.1, -0.05) is 32.6 Å². The van der Waals surface area contributed by atoms with Crippen molar-refractivity contribution in [3.63, 3.8) is 0 Å². The molecular formula is C14H25NO2. The van der Waals surface area contributed by atoms with Crippen LogP contribution in [-0.4, -0.2) is 34.6 Å². The number of hydrogen-bond acceptors (Lipinski definition) is 2. The van der Waals surface area contributed by atoms with Gasteiger partial charge in [0.15, 0.2) is 0 Å². The van der Waals surface area contributed by atoms with Crippen LogP contribution >= 0.6 is 0 Å². The van der Waals surface area contributed by atoms with Crippen LogP contribution in [0.2, 0.25) is 0 Å². The summed E-state index contributed by atoms with van der Waals surface area (Å²) in [6.45, 7) is 4.12. The van der Waals surface area contributed by atoms with Crippen molar-refractivity contribution in [2.24, 2.45) is 5.92 Å². The van der Waals surface area contributed by atoms with E-state index in [1.54, 1.807) is 0 Å². The molecule has 0 spiro atoms. The second-order valence-corrected chi connectivity index (χ2v) is 5.63. The maximum absolute atomic E-state index is 11.9. The molecule has 1 saturated carbocycles. The Balaban J connectivity index is 2.23. The van der Waals surface area contributed by atoms with Gasteiger partial charge in [0.2, 0.25) is 0 Å². The fraction of sp³-hybridized carbons (Fsp3) is 0.929. The third-order valence-corrected chi connectivity index (χ3v) is 4.82. The largest absolute Gasteiger partial charge is 0.480 e. The van der Waals surface area contributed by atoms with Crippen molar-refractivity contribution < 1.29 is 9.90 Å². The van der Waals surface area contributed by atoms with Crippen molar-refractivity contribution in [1.29, 1.82) is 0 Å². The third-order valence-electron chi connectivity index (χ3n) is 4.82. The molecule has 0 amide bonds. The summed E-state index contributed by atoms with van der Waals surface area (Å²) in [6, 6.07) is 0. The van der Waals surface area contributed by atoms with Crippen molar-refractivity contribution in [1.82, 2.24) is 4.90 Å². The lowest BCUT2D eigenvalue weighted by atomic mass is 9.83. The topological polar surface area (TPSA) is 40.5 Å². The van der Waals surface area contributed by atoms with E-state index < -0.39 is 11.5 Å². The molecule has 2 fully saturated rings. The molecule has 98 valence electrons. The summed E-state index contributed by atoms with van der Waals surface area (Å²) >= 11 is 0. The van der Waals surface area contributed by atoms with Gasteiger partial charge in [0, 0.05) is 0 Å². The summed E-state index contributed by atoms with van der Waals surface area (Å²) in [5.41, 5.74) is -0.529. The van der Waals surface area contributed by atoms with Gasteiger partial charge >= 0.3 is 5.97 Å². The highest BCUT2D eigenvalue weighted by atomic mass is 16.4. The van der Waals surface area contributed by atoms with Gasteiger partial charge in [-0.15, -0.1) is 0 Å². The molecule has 2 unspecified atom stereocenters. The summed E-state index contributed by atoms with van der Waals surface area (Å²) in [5.74, 6) is -0.207. The minimum absolute atomic E-state index is 0.359. The number of likely N-dealkylation sites (tertiary alicyclic amines) is 1. The number of carbonyl (C=O) groups is 1. The van der Waals surface area contributed by atoms with E-state index in [4.69, 9.17) is 0 Å². The molecule has 0 radical (unpaired) electrons. The van der Waals surface area contributed by atoms with Crippen LogP contribution in [0.4, 0.5) is 0 Å². The first-order valence-electron chi connectivity index (χ1n) is 7.20. The minimum atomic E-state index is -0.566. The molecule has 0 bridgehead atoms. The first kappa shape index (κ1) is 12.9. The van der Waals surface area contributed by atoms with Crippen LogP contribution in [0.15, 0.2) is 0 Å². The zero-order valence-corrected chi connectivity index (χ0v) is 11.0. The Kier molecular flexibility index (Phi) is 4.08. The zero-order valence-electron chi connectivity index (χ0n) is 11.0.